The van der Waals surface area contributed by atoms with Crippen molar-refractivity contribution in [3.05, 3.63) is 54.4 Å². The number of aromatic nitrogens is 2. The highest BCUT2D eigenvalue weighted by molar-refractivity contribution is 5.79. The molecule has 32 heavy (non-hydrogen) atoms. The van der Waals surface area contributed by atoms with E-state index < -0.39 is 5.97 Å². The number of aliphatic carboxylic acids is 1. The maximum atomic E-state index is 10.4. The lowest BCUT2D eigenvalue weighted by atomic mass is 10.0. The average Bonchev–Trinajstić information content (AvgIpc) is 2.81. The van der Waals surface area contributed by atoms with E-state index >= 15 is 0 Å². The fourth-order valence-electron chi connectivity index (χ4n) is 3.23. The zero-order valence-electron chi connectivity index (χ0n) is 19.2. The lowest BCUT2D eigenvalue weighted by Crippen LogP contribution is -2.02. The number of hydrogen-bond acceptors (Lipinski definition) is 5. The van der Waals surface area contributed by atoms with E-state index in [-0.39, 0.29) is 0 Å². The molecule has 0 saturated carbocycles. The van der Waals surface area contributed by atoms with Crippen molar-refractivity contribution < 1.29 is 19.4 Å². The van der Waals surface area contributed by atoms with E-state index in [0.29, 0.717) is 18.2 Å². The fraction of sp³-hybridized carbons (Fsp3) is 0.500. The summed E-state index contributed by atoms with van der Waals surface area (Å²) in [5.41, 5.74) is 2.31. The van der Waals surface area contributed by atoms with Crippen molar-refractivity contribution in [3.8, 4) is 17.1 Å². The summed E-state index contributed by atoms with van der Waals surface area (Å²) in [5.74, 6) is 0.520. The Morgan fingerprint density at radius 1 is 0.938 bits per heavy atom. The Hall–Kier alpha value is -2.73. The van der Waals surface area contributed by atoms with Gasteiger partial charge in [0.15, 0.2) is 11.6 Å². The van der Waals surface area contributed by atoms with Crippen LogP contribution in [-0.2, 0) is 16.0 Å². The van der Waals surface area contributed by atoms with Crippen LogP contribution in [0.2, 0.25) is 0 Å². The van der Waals surface area contributed by atoms with Gasteiger partial charge in [-0.2, -0.15) is 0 Å². The number of hydrogen-bond donors (Lipinski definition) is 1. The molecule has 2 aromatic rings. The predicted molar refractivity (Wildman–Crippen MR) is 127 cm³/mol. The molecule has 0 saturated heterocycles. The molecular formula is C26H36N2O4. The number of rotatable bonds is 17. The minimum Gasteiger partial charge on any atom is -0.490 e. The highest BCUT2D eigenvalue weighted by Crippen LogP contribution is 2.18. The summed E-state index contributed by atoms with van der Waals surface area (Å²) in [6.07, 6.45) is 15.7. The average molecular weight is 441 g/mol. The van der Waals surface area contributed by atoms with Gasteiger partial charge >= 0.3 is 5.97 Å². The van der Waals surface area contributed by atoms with Crippen LogP contribution in [0.4, 0.5) is 0 Å². The molecular weight excluding hydrogens is 404 g/mol. The largest absolute Gasteiger partial charge is 0.490 e. The fourth-order valence-corrected chi connectivity index (χ4v) is 3.23. The third-order valence-corrected chi connectivity index (χ3v) is 4.99. The first-order valence-electron chi connectivity index (χ1n) is 11.7. The summed E-state index contributed by atoms with van der Waals surface area (Å²) in [6, 6.07) is 8.41. The molecule has 0 aliphatic carbocycles. The summed E-state index contributed by atoms with van der Waals surface area (Å²) < 4.78 is 11.2. The zero-order valence-corrected chi connectivity index (χ0v) is 19.2. The van der Waals surface area contributed by atoms with E-state index in [2.05, 4.69) is 41.2 Å². The van der Waals surface area contributed by atoms with Crippen molar-refractivity contribution in [3.63, 3.8) is 0 Å². The number of carboxylic acid groups (broad SMARTS) is 1. The molecule has 0 amide bonds. The van der Waals surface area contributed by atoms with Gasteiger partial charge < -0.3 is 14.6 Å². The molecule has 6 heteroatoms. The van der Waals surface area contributed by atoms with Crippen molar-refractivity contribution in [1.82, 2.24) is 9.97 Å². The summed E-state index contributed by atoms with van der Waals surface area (Å²) in [6.45, 7) is 4.37. The van der Waals surface area contributed by atoms with Gasteiger partial charge in [0.1, 0.15) is 0 Å². The molecule has 0 spiro atoms. The third kappa shape index (κ3) is 11.0. The number of carboxylic acids is 1. The Balaban J connectivity index is 1.64. The smallest absolute Gasteiger partial charge is 0.327 e. The topological polar surface area (TPSA) is 81.5 Å². The maximum absolute atomic E-state index is 10.4. The Morgan fingerprint density at radius 2 is 1.66 bits per heavy atom. The van der Waals surface area contributed by atoms with Gasteiger partial charge in [0.2, 0.25) is 0 Å². The molecule has 1 aromatic heterocycles. The highest BCUT2D eigenvalue weighted by Gasteiger charge is 2.03. The Kier molecular flexibility index (Phi) is 12.7. The molecule has 0 fully saturated rings. The number of allylic oxidation sites excluding steroid dienone is 1. The molecule has 1 aromatic carbocycles. The molecule has 0 unspecified atom stereocenters. The number of nitrogens with zero attached hydrogens (tertiary/aromatic N) is 2. The lowest BCUT2D eigenvalue weighted by molar-refractivity contribution is -0.131. The van der Waals surface area contributed by atoms with E-state index in [0.717, 1.165) is 76.6 Å². The van der Waals surface area contributed by atoms with Crippen LogP contribution in [0.15, 0.2) is 48.8 Å². The number of ether oxygens (including phenoxy) is 2. The first kappa shape index (κ1) is 25.5. The van der Waals surface area contributed by atoms with Crippen LogP contribution < -0.4 is 4.74 Å². The van der Waals surface area contributed by atoms with E-state index in [1.165, 1.54) is 11.6 Å². The summed E-state index contributed by atoms with van der Waals surface area (Å²) >= 11 is 0. The normalized spacial score (nSPS) is 11.2. The monoisotopic (exact) mass is 440 g/mol. The summed E-state index contributed by atoms with van der Waals surface area (Å²) in [4.78, 5) is 19.3. The Labute approximate surface area is 191 Å². The second-order valence-electron chi connectivity index (χ2n) is 7.80. The van der Waals surface area contributed by atoms with Gasteiger partial charge in [-0.15, -0.1) is 0 Å². The molecule has 0 bridgehead atoms. The van der Waals surface area contributed by atoms with E-state index in [1.807, 2.05) is 0 Å². The van der Waals surface area contributed by atoms with Crippen LogP contribution >= 0.6 is 0 Å². The molecule has 174 valence electrons. The number of carbonyl (C=O) groups is 1. The SMILES string of the molecule is CCCOCCCCOc1cnc(-c2ccc(CCCCCC/C=C/C(=O)O)cc2)nc1. The van der Waals surface area contributed by atoms with Gasteiger partial charge in [0.25, 0.3) is 0 Å². The molecule has 0 atom stereocenters. The minimum absolute atomic E-state index is 0.645. The van der Waals surface area contributed by atoms with Gasteiger partial charge in [-0.3, -0.25) is 0 Å². The van der Waals surface area contributed by atoms with Crippen LogP contribution in [0.5, 0.6) is 5.75 Å². The van der Waals surface area contributed by atoms with Crippen molar-refractivity contribution in [2.45, 2.75) is 64.7 Å². The van der Waals surface area contributed by atoms with Gasteiger partial charge in [-0.05, 0) is 50.5 Å². The number of aryl methyl sites for hydroxylation is 1. The van der Waals surface area contributed by atoms with Gasteiger partial charge in [-0.25, -0.2) is 14.8 Å². The van der Waals surface area contributed by atoms with Crippen LogP contribution in [0.3, 0.4) is 0 Å². The predicted octanol–water partition coefficient (Wildman–Crippen LogP) is 5.86. The quantitative estimate of drug-likeness (QED) is 0.245. The molecule has 2 rings (SSSR count). The second-order valence-corrected chi connectivity index (χ2v) is 7.80. The van der Waals surface area contributed by atoms with Crippen molar-refractivity contribution >= 4 is 5.97 Å². The van der Waals surface area contributed by atoms with Crippen LogP contribution in [0.25, 0.3) is 11.4 Å². The van der Waals surface area contributed by atoms with Crippen LogP contribution in [-0.4, -0.2) is 40.9 Å². The minimum atomic E-state index is -0.873. The molecule has 0 radical (unpaired) electrons. The van der Waals surface area contributed by atoms with Crippen LogP contribution in [0.1, 0.15) is 63.9 Å². The lowest BCUT2D eigenvalue weighted by Gasteiger charge is -2.07. The molecule has 6 nitrogen and oxygen atoms in total. The van der Waals surface area contributed by atoms with Crippen LogP contribution in [0, 0.1) is 0 Å². The van der Waals surface area contributed by atoms with Gasteiger partial charge in [-0.1, -0.05) is 50.1 Å². The van der Waals surface area contributed by atoms with Crippen molar-refractivity contribution in [2.75, 3.05) is 19.8 Å². The number of unbranched alkanes of at least 4 members (excludes halogenated alkanes) is 5. The Morgan fingerprint density at radius 3 is 2.38 bits per heavy atom. The van der Waals surface area contributed by atoms with E-state index in [9.17, 15) is 4.79 Å². The molecule has 0 aliphatic heterocycles. The Bertz CT molecular complexity index is 788. The van der Waals surface area contributed by atoms with Gasteiger partial charge in [0.05, 0.1) is 19.0 Å². The standard InChI is InChI=1S/C26H36N2O4/c1-2-17-31-18-9-10-19-32-24-20-27-26(28-21-24)23-15-13-22(14-16-23)11-7-5-3-4-6-8-12-25(29)30/h8,12-16,20-21H,2-7,9-11,17-19H2,1H3,(H,29,30)/b12-8+. The van der Waals surface area contributed by atoms with E-state index in [1.54, 1.807) is 18.5 Å². The maximum Gasteiger partial charge on any atom is 0.327 e. The molecule has 0 aliphatic rings. The zero-order chi connectivity index (χ0) is 22.9. The van der Waals surface area contributed by atoms with Crippen molar-refractivity contribution in [1.29, 1.82) is 0 Å². The second kappa shape index (κ2) is 16.0. The highest BCUT2D eigenvalue weighted by atomic mass is 16.5. The number of benzene rings is 1. The van der Waals surface area contributed by atoms with Crippen molar-refractivity contribution in [2.24, 2.45) is 0 Å². The van der Waals surface area contributed by atoms with Gasteiger partial charge in [0, 0.05) is 24.9 Å². The summed E-state index contributed by atoms with van der Waals surface area (Å²) in [7, 11) is 0. The summed E-state index contributed by atoms with van der Waals surface area (Å²) in [5, 5.41) is 8.55. The first-order chi connectivity index (χ1) is 15.7. The van der Waals surface area contributed by atoms with E-state index in [4.69, 9.17) is 14.6 Å². The first-order valence-corrected chi connectivity index (χ1v) is 11.7. The molecule has 1 heterocycles. The third-order valence-electron chi connectivity index (χ3n) is 4.99. The molecule has 1 N–H and O–H groups in total.